The average Bonchev–Trinajstić information content (AvgIpc) is 2.81. The maximum atomic E-state index is 13.1. The van der Waals surface area contributed by atoms with Gasteiger partial charge in [0.15, 0.2) is 19.7 Å². The molecule has 24 heavy (non-hydrogen) atoms. The Labute approximate surface area is 144 Å². The van der Waals surface area contributed by atoms with Crippen molar-refractivity contribution >= 4 is 19.7 Å². The maximum absolute atomic E-state index is 13.1. The highest BCUT2D eigenvalue weighted by molar-refractivity contribution is 7.96. The van der Waals surface area contributed by atoms with E-state index in [2.05, 4.69) is 5.32 Å². The molecule has 1 aromatic rings. The van der Waals surface area contributed by atoms with Gasteiger partial charge >= 0.3 is 0 Å². The summed E-state index contributed by atoms with van der Waals surface area (Å²) in [5.74, 6) is -0.406. The Bertz CT molecular complexity index is 828. The molecule has 0 spiro atoms. The van der Waals surface area contributed by atoms with Crippen LogP contribution in [0.4, 0.5) is 0 Å². The molecule has 7 heteroatoms. The third-order valence-electron chi connectivity index (χ3n) is 4.89. The predicted octanol–water partition coefficient (Wildman–Crippen LogP) is 1.50. The van der Waals surface area contributed by atoms with Crippen molar-refractivity contribution in [3.05, 3.63) is 29.3 Å². The first-order valence-corrected chi connectivity index (χ1v) is 11.9. The van der Waals surface area contributed by atoms with E-state index in [1.165, 1.54) is 5.56 Å². The first-order valence-electron chi connectivity index (χ1n) is 8.51. The zero-order valence-electron chi connectivity index (χ0n) is 14.2. The molecule has 1 heterocycles. The number of nitrogens with one attached hydrogen (secondary N) is 1. The van der Waals surface area contributed by atoms with Crippen molar-refractivity contribution in [2.75, 3.05) is 11.5 Å². The topological polar surface area (TPSA) is 80.3 Å². The number of fused-ring (bicyclic) bond motifs is 1. The third-order valence-corrected chi connectivity index (χ3v) is 9.04. The van der Waals surface area contributed by atoms with Crippen molar-refractivity contribution in [2.45, 2.75) is 61.8 Å². The summed E-state index contributed by atoms with van der Waals surface area (Å²) in [6, 6.07) is 4.80. The van der Waals surface area contributed by atoms with E-state index < -0.39 is 31.0 Å². The fraction of sp³-hybridized carbons (Fsp3) is 0.647. The van der Waals surface area contributed by atoms with Crippen molar-refractivity contribution in [1.82, 2.24) is 5.32 Å². The highest BCUT2D eigenvalue weighted by atomic mass is 32.2. The lowest BCUT2D eigenvalue weighted by atomic mass is 9.92. The van der Waals surface area contributed by atoms with Crippen LogP contribution in [0.1, 0.15) is 37.8 Å². The highest BCUT2D eigenvalue weighted by Gasteiger charge is 2.46. The number of benzene rings is 1. The largest absolute Gasteiger partial charge is 0.309 e. The standard InChI is InChI=1S/C17H25NO4S2/c1-12(2)18-16-10-23(19,20)11-17(16)24(21,22)15-8-7-13-5-3-4-6-14(13)9-15/h7-9,12,16-18H,3-6,10-11H2,1-2H3/t16-,17-/m0/s1. The summed E-state index contributed by atoms with van der Waals surface area (Å²) in [6.45, 7) is 3.79. The molecule has 1 fully saturated rings. The molecule has 1 saturated heterocycles. The number of hydrogen-bond acceptors (Lipinski definition) is 5. The molecule has 3 rings (SSSR count). The van der Waals surface area contributed by atoms with Gasteiger partial charge in [-0.3, -0.25) is 0 Å². The Morgan fingerprint density at radius 2 is 1.75 bits per heavy atom. The summed E-state index contributed by atoms with van der Waals surface area (Å²) >= 11 is 0. The minimum Gasteiger partial charge on any atom is -0.309 e. The van der Waals surface area contributed by atoms with E-state index in [4.69, 9.17) is 0 Å². The zero-order chi connectivity index (χ0) is 17.5. The molecular formula is C17H25NO4S2. The van der Waals surface area contributed by atoms with Gasteiger partial charge in [0.1, 0.15) is 0 Å². The summed E-state index contributed by atoms with van der Waals surface area (Å²) in [5, 5.41) is 2.22. The zero-order valence-corrected chi connectivity index (χ0v) is 15.8. The van der Waals surface area contributed by atoms with Gasteiger partial charge in [0.05, 0.1) is 21.7 Å². The van der Waals surface area contributed by atoms with Gasteiger partial charge < -0.3 is 5.32 Å². The van der Waals surface area contributed by atoms with Gasteiger partial charge in [-0.1, -0.05) is 19.9 Å². The molecular weight excluding hydrogens is 346 g/mol. The molecule has 0 saturated carbocycles. The van der Waals surface area contributed by atoms with Crippen LogP contribution in [0.15, 0.2) is 23.1 Å². The van der Waals surface area contributed by atoms with Crippen LogP contribution in [0.3, 0.4) is 0 Å². The van der Waals surface area contributed by atoms with Gasteiger partial charge in [-0.15, -0.1) is 0 Å². The van der Waals surface area contributed by atoms with Crippen LogP contribution in [0.25, 0.3) is 0 Å². The first kappa shape index (κ1) is 17.9. The minimum absolute atomic E-state index is 0.0320. The summed E-state index contributed by atoms with van der Waals surface area (Å²) in [5.41, 5.74) is 2.31. The van der Waals surface area contributed by atoms with Crippen molar-refractivity contribution in [3.63, 3.8) is 0 Å². The van der Waals surface area contributed by atoms with Gasteiger partial charge in [-0.25, -0.2) is 16.8 Å². The third kappa shape index (κ3) is 3.53. The fourth-order valence-electron chi connectivity index (χ4n) is 3.77. The lowest BCUT2D eigenvalue weighted by Crippen LogP contribution is -2.46. The Morgan fingerprint density at radius 1 is 1.08 bits per heavy atom. The van der Waals surface area contributed by atoms with Gasteiger partial charge in [0.25, 0.3) is 0 Å². The summed E-state index contributed by atoms with van der Waals surface area (Å²) in [6.07, 6.45) is 4.10. The van der Waals surface area contributed by atoms with E-state index in [1.54, 1.807) is 12.1 Å². The van der Waals surface area contributed by atoms with E-state index in [1.807, 2.05) is 19.9 Å². The molecule has 0 bridgehead atoms. The number of rotatable bonds is 4. The number of sulfone groups is 2. The lowest BCUT2D eigenvalue weighted by Gasteiger charge is -2.23. The average molecular weight is 372 g/mol. The molecule has 1 aliphatic heterocycles. The van der Waals surface area contributed by atoms with E-state index in [0.717, 1.165) is 31.2 Å². The van der Waals surface area contributed by atoms with Crippen LogP contribution >= 0.6 is 0 Å². The molecule has 0 unspecified atom stereocenters. The monoisotopic (exact) mass is 371 g/mol. The molecule has 1 aliphatic carbocycles. The van der Waals surface area contributed by atoms with Crippen molar-refractivity contribution in [1.29, 1.82) is 0 Å². The Balaban J connectivity index is 1.96. The molecule has 134 valence electrons. The highest BCUT2D eigenvalue weighted by Crippen LogP contribution is 2.29. The molecule has 2 aliphatic rings. The Kier molecular flexibility index (Phi) is 4.79. The second-order valence-electron chi connectivity index (χ2n) is 7.23. The summed E-state index contributed by atoms with van der Waals surface area (Å²) in [4.78, 5) is 0.265. The van der Waals surface area contributed by atoms with Crippen LogP contribution in [0.2, 0.25) is 0 Å². The van der Waals surface area contributed by atoms with E-state index in [-0.39, 0.29) is 22.4 Å². The Morgan fingerprint density at radius 3 is 2.42 bits per heavy atom. The van der Waals surface area contributed by atoms with Gasteiger partial charge in [-0.05, 0) is 48.9 Å². The van der Waals surface area contributed by atoms with Crippen LogP contribution < -0.4 is 5.32 Å². The maximum Gasteiger partial charge on any atom is 0.183 e. The fourth-order valence-corrected chi connectivity index (χ4v) is 8.49. The molecule has 0 aromatic heterocycles. The lowest BCUT2D eigenvalue weighted by molar-refractivity contribution is 0.484. The molecule has 0 amide bonds. The Hall–Kier alpha value is -0.920. The first-order chi connectivity index (χ1) is 11.2. The van der Waals surface area contributed by atoms with Crippen LogP contribution in [-0.4, -0.2) is 45.7 Å². The quantitative estimate of drug-likeness (QED) is 0.868. The van der Waals surface area contributed by atoms with E-state index >= 15 is 0 Å². The predicted molar refractivity (Wildman–Crippen MR) is 94.8 cm³/mol. The normalized spacial score (nSPS) is 26.5. The summed E-state index contributed by atoms with van der Waals surface area (Å²) in [7, 11) is -7.02. The van der Waals surface area contributed by atoms with Gasteiger partial charge in [-0.2, -0.15) is 0 Å². The molecule has 1 aromatic carbocycles. The van der Waals surface area contributed by atoms with Crippen molar-refractivity contribution < 1.29 is 16.8 Å². The summed E-state index contributed by atoms with van der Waals surface area (Å²) < 4.78 is 50.3. The van der Waals surface area contributed by atoms with Gasteiger partial charge in [0.2, 0.25) is 0 Å². The second-order valence-corrected chi connectivity index (χ2v) is 11.5. The van der Waals surface area contributed by atoms with Crippen LogP contribution in [0.5, 0.6) is 0 Å². The SMILES string of the molecule is CC(C)N[C@H]1CS(=O)(=O)C[C@@H]1S(=O)(=O)c1ccc2c(c1)CCCC2. The number of hydrogen-bond donors (Lipinski definition) is 1. The molecule has 5 nitrogen and oxygen atoms in total. The number of aryl methyl sites for hydroxylation is 2. The van der Waals surface area contributed by atoms with Crippen molar-refractivity contribution in [2.24, 2.45) is 0 Å². The van der Waals surface area contributed by atoms with Crippen LogP contribution in [-0.2, 0) is 32.5 Å². The van der Waals surface area contributed by atoms with Crippen molar-refractivity contribution in [3.8, 4) is 0 Å². The van der Waals surface area contributed by atoms with E-state index in [9.17, 15) is 16.8 Å². The van der Waals surface area contributed by atoms with Crippen LogP contribution in [0, 0.1) is 0 Å². The van der Waals surface area contributed by atoms with E-state index in [0.29, 0.717) is 0 Å². The molecule has 0 radical (unpaired) electrons. The molecule has 2 atom stereocenters. The second kappa shape index (κ2) is 6.42. The molecule has 1 N–H and O–H groups in total. The van der Waals surface area contributed by atoms with Gasteiger partial charge in [0, 0.05) is 12.1 Å². The minimum atomic E-state index is -3.68. The smallest absolute Gasteiger partial charge is 0.183 e.